The lowest BCUT2D eigenvalue weighted by Crippen LogP contribution is -2.00. The van der Waals surface area contributed by atoms with Gasteiger partial charge in [-0.2, -0.15) is 4.98 Å². The van der Waals surface area contributed by atoms with Gasteiger partial charge in [-0.15, -0.1) is 0 Å². The molecule has 4 N–H and O–H groups in total. The number of halogens is 1. The van der Waals surface area contributed by atoms with Crippen molar-refractivity contribution < 1.29 is 9.13 Å². The molecule has 2 aromatic heterocycles. The summed E-state index contributed by atoms with van der Waals surface area (Å²) in [5.74, 6) is 0.892. The summed E-state index contributed by atoms with van der Waals surface area (Å²) in [6, 6.07) is 6.58. The van der Waals surface area contributed by atoms with Crippen LogP contribution in [0.2, 0.25) is 0 Å². The Balaban J connectivity index is 2.08. The van der Waals surface area contributed by atoms with Crippen LogP contribution in [0.3, 0.4) is 0 Å². The number of alkyl halides is 1. The molecule has 0 aliphatic carbocycles. The maximum absolute atomic E-state index is 13.4. The van der Waals surface area contributed by atoms with Crippen molar-refractivity contribution in [1.82, 2.24) is 19.9 Å². The van der Waals surface area contributed by atoms with Crippen molar-refractivity contribution in [1.29, 1.82) is 0 Å². The second-order valence-corrected chi connectivity index (χ2v) is 4.62. The fourth-order valence-electron chi connectivity index (χ4n) is 2.03. The number of hydrogen-bond acceptors (Lipinski definition) is 7. The Bertz CT molecular complexity index is 824. The van der Waals surface area contributed by atoms with E-state index in [1.807, 2.05) is 0 Å². The molecular weight excluding hydrogens is 299 g/mol. The zero-order chi connectivity index (χ0) is 16.2. The van der Waals surface area contributed by atoms with Crippen molar-refractivity contribution >= 4 is 11.6 Å². The Labute approximate surface area is 131 Å². The summed E-state index contributed by atoms with van der Waals surface area (Å²) >= 11 is 0. The molecule has 0 spiro atoms. The van der Waals surface area contributed by atoms with Crippen LogP contribution < -0.4 is 16.2 Å². The van der Waals surface area contributed by atoms with Gasteiger partial charge in [-0.25, -0.2) is 14.4 Å². The lowest BCUT2D eigenvalue weighted by Gasteiger charge is -2.12. The predicted octanol–water partition coefficient (Wildman–Crippen LogP) is 2.36. The third-order valence-electron chi connectivity index (χ3n) is 3.04. The number of aromatic nitrogens is 4. The second-order valence-electron chi connectivity index (χ2n) is 4.62. The topological polar surface area (TPSA) is 113 Å². The van der Waals surface area contributed by atoms with E-state index in [-0.39, 0.29) is 17.6 Å². The van der Waals surface area contributed by atoms with Crippen LogP contribution in [0.1, 0.15) is 5.56 Å². The number of hydrogen-bond donors (Lipinski definition) is 2. The maximum atomic E-state index is 13.4. The van der Waals surface area contributed by atoms with Gasteiger partial charge in [-0.3, -0.25) is 4.98 Å². The molecule has 7 nitrogen and oxygen atoms in total. The fraction of sp³-hybridized carbons (Fsp3) is 0.0667. The molecule has 0 amide bonds. The number of nitrogens with zero attached hydrogens (tertiary/aromatic N) is 4. The SMILES string of the molecule is Nc1cnc(-c2c(CF)cccc2Oc2nccc(N)n2)cn1. The summed E-state index contributed by atoms with van der Waals surface area (Å²) in [5, 5.41) is 0. The Hall–Kier alpha value is -3.29. The van der Waals surface area contributed by atoms with Crippen molar-refractivity contribution in [3.05, 3.63) is 48.4 Å². The predicted molar refractivity (Wildman–Crippen MR) is 83.2 cm³/mol. The van der Waals surface area contributed by atoms with Gasteiger partial charge in [0.05, 0.1) is 23.7 Å². The van der Waals surface area contributed by atoms with Crippen molar-refractivity contribution in [2.45, 2.75) is 6.67 Å². The van der Waals surface area contributed by atoms with Crippen LogP contribution in [0.4, 0.5) is 16.0 Å². The van der Waals surface area contributed by atoms with Crippen molar-refractivity contribution in [2.75, 3.05) is 11.5 Å². The summed E-state index contributed by atoms with van der Waals surface area (Å²) < 4.78 is 19.0. The first kappa shape index (κ1) is 14.6. The van der Waals surface area contributed by atoms with Gasteiger partial charge in [0.15, 0.2) is 0 Å². The average molecular weight is 312 g/mol. The lowest BCUT2D eigenvalue weighted by atomic mass is 10.0. The van der Waals surface area contributed by atoms with Crippen molar-refractivity contribution in [2.24, 2.45) is 0 Å². The van der Waals surface area contributed by atoms with E-state index < -0.39 is 6.67 Å². The molecule has 0 aliphatic heterocycles. The third-order valence-corrected chi connectivity index (χ3v) is 3.04. The number of rotatable bonds is 4. The van der Waals surface area contributed by atoms with Gasteiger partial charge in [-0.05, 0) is 17.7 Å². The summed E-state index contributed by atoms with van der Waals surface area (Å²) in [7, 11) is 0. The third kappa shape index (κ3) is 3.15. The lowest BCUT2D eigenvalue weighted by molar-refractivity contribution is 0.440. The standard InChI is InChI=1S/C15H13FN6O/c16-6-9-2-1-3-11(23-15-19-5-4-12(17)22-15)14(9)10-7-21-13(18)8-20-10/h1-5,7-8H,6H2,(H2,18,21)(H2,17,19,22). The highest BCUT2D eigenvalue weighted by Gasteiger charge is 2.15. The Morgan fingerprint density at radius 2 is 1.87 bits per heavy atom. The Kier molecular flexibility index (Phi) is 3.96. The Morgan fingerprint density at radius 1 is 1.00 bits per heavy atom. The van der Waals surface area contributed by atoms with Crippen LogP contribution in [0.15, 0.2) is 42.9 Å². The first-order valence-electron chi connectivity index (χ1n) is 6.69. The van der Waals surface area contributed by atoms with Gasteiger partial charge < -0.3 is 16.2 Å². The molecule has 0 saturated carbocycles. The summed E-state index contributed by atoms with van der Waals surface area (Å²) in [4.78, 5) is 16.1. The van der Waals surface area contributed by atoms with Crippen LogP contribution >= 0.6 is 0 Å². The molecule has 0 fully saturated rings. The minimum atomic E-state index is -0.684. The maximum Gasteiger partial charge on any atom is 0.323 e. The second kappa shape index (κ2) is 6.22. The summed E-state index contributed by atoms with van der Waals surface area (Å²) in [6.07, 6.45) is 4.32. The molecule has 2 heterocycles. The average Bonchev–Trinajstić information content (AvgIpc) is 2.56. The van der Waals surface area contributed by atoms with Gasteiger partial charge >= 0.3 is 6.01 Å². The fourth-order valence-corrected chi connectivity index (χ4v) is 2.03. The van der Waals surface area contributed by atoms with Crippen LogP contribution in [-0.2, 0) is 6.67 Å². The normalized spacial score (nSPS) is 10.5. The molecule has 3 rings (SSSR count). The highest BCUT2D eigenvalue weighted by atomic mass is 19.1. The minimum Gasteiger partial charge on any atom is -0.424 e. The van der Waals surface area contributed by atoms with Crippen molar-refractivity contribution in [3.63, 3.8) is 0 Å². The number of nitrogen functional groups attached to an aromatic ring is 2. The minimum absolute atomic E-state index is 0.0608. The molecule has 0 atom stereocenters. The number of anilines is 2. The first-order valence-corrected chi connectivity index (χ1v) is 6.69. The van der Waals surface area contributed by atoms with Crippen LogP contribution in [-0.4, -0.2) is 19.9 Å². The van der Waals surface area contributed by atoms with E-state index in [4.69, 9.17) is 16.2 Å². The van der Waals surface area contributed by atoms with Gasteiger partial charge in [0.2, 0.25) is 0 Å². The van der Waals surface area contributed by atoms with Crippen LogP contribution in [0.25, 0.3) is 11.3 Å². The van der Waals surface area contributed by atoms with E-state index >= 15 is 0 Å². The van der Waals surface area contributed by atoms with E-state index in [9.17, 15) is 4.39 Å². The molecular formula is C15H13FN6O. The largest absolute Gasteiger partial charge is 0.424 e. The van der Waals surface area contributed by atoms with Gasteiger partial charge in [0.1, 0.15) is 24.1 Å². The van der Waals surface area contributed by atoms with Crippen LogP contribution in [0, 0.1) is 0 Å². The zero-order valence-corrected chi connectivity index (χ0v) is 12.0. The van der Waals surface area contributed by atoms with E-state index in [2.05, 4.69) is 19.9 Å². The molecule has 1 aromatic carbocycles. The Morgan fingerprint density at radius 3 is 2.57 bits per heavy atom. The zero-order valence-electron chi connectivity index (χ0n) is 12.0. The van der Waals surface area contributed by atoms with Gasteiger partial charge in [0.25, 0.3) is 0 Å². The number of benzene rings is 1. The smallest absolute Gasteiger partial charge is 0.323 e. The monoisotopic (exact) mass is 312 g/mol. The highest BCUT2D eigenvalue weighted by Crippen LogP contribution is 2.34. The van der Waals surface area contributed by atoms with Crippen molar-refractivity contribution in [3.8, 4) is 23.0 Å². The van der Waals surface area contributed by atoms with Gasteiger partial charge in [0, 0.05) is 6.20 Å². The quantitative estimate of drug-likeness (QED) is 0.760. The molecule has 8 heteroatoms. The molecule has 23 heavy (non-hydrogen) atoms. The number of nitrogens with two attached hydrogens (primary N) is 2. The molecule has 0 radical (unpaired) electrons. The summed E-state index contributed by atoms with van der Waals surface area (Å²) in [6.45, 7) is -0.684. The summed E-state index contributed by atoms with van der Waals surface area (Å²) in [5.41, 5.74) is 12.5. The highest BCUT2D eigenvalue weighted by molar-refractivity contribution is 5.71. The molecule has 116 valence electrons. The van der Waals surface area contributed by atoms with E-state index in [1.165, 1.54) is 24.7 Å². The van der Waals surface area contributed by atoms with E-state index in [1.54, 1.807) is 18.2 Å². The molecule has 3 aromatic rings. The molecule has 0 unspecified atom stereocenters. The van der Waals surface area contributed by atoms with E-state index in [0.29, 0.717) is 22.6 Å². The van der Waals surface area contributed by atoms with Gasteiger partial charge in [-0.1, -0.05) is 12.1 Å². The van der Waals surface area contributed by atoms with E-state index in [0.717, 1.165) is 0 Å². The van der Waals surface area contributed by atoms with Crippen LogP contribution in [0.5, 0.6) is 11.8 Å². The molecule has 0 saturated heterocycles. The molecule has 0 bridgehead atoms. The number of ether oxygens (including phenoxy) is 1. The molecule has 0 aliphatic rings. The first-order chi connectivity index (χ1) is 11.2.